The number of nitrogens with zero attached hydrogens (tertiary/aromatic N) is 1. The van der Waals surface area contributed by atoms with Crippen molar-refractivity contribution in [1.29, 1.82) is 0 Å². The van der Waals surface area contributed by atoms with Crippen LogP contribution in [0.4, 0.5) is 0 Å². The number of hydrogen-bond acceptors (Lipinski definition) is 2. The lowest BCUT2D eigenvalue weighted by atomic mass is 9.82. The quantitative estimate of drug-likeness (QED) is 0.217. The second-order valence-corrected chi connectivity index (χ2v) is 14.6. The number of rotatable bonds is 5. The summed E-state index contributed by atoms with van der Waals surface area (Å²) in [6, 6.07) is 25.8. The number of fused-ring (bicyclic) bond motifs is 7. The van der Waals surface area contributed by atoms with E-state index in [1.807, 2.05) is 0 Å². The van der Waals surface area contributed by atoms with Crippen LogP contribution in [0.2, 0.25) is 0 Å². The third-order valence-corrected chi connectivity index (χ3v) is 11.8. The van der Waals surface area contributed by atoms with Gasteiger partial charge in [-0.3, -0.25) is 0 Å². The first-order valence-electron chi connectivity index (χ1n) is 18.6. The average Bonchev–Trinajstić information content (AvgIpc) is 3.52. The molecule has 244 valence electrons. The van der Waals surface area contributed by atoms with Gasteiger partial charge in [0.05, 0.1) is 18.1 Å². The summed E-state index contributed by atoms with van der Waals surface area (Å²) in [4.78, 5) is 2.75. The Hall–Kier alpha value is -5.34. The fourth-order valence-corrected chi connectivity index (χ4v) is 9.45. The Morgan fingerprint density at radius 3 is 2.44 bits per heavy atom. The Bertz CT molecular complexity index is 2370. The molecule has 5 atom stereocenters. The van der Waals surface area contributed by atoms with Crippen LogP contribution in [0.1, 0.15) is 43.6 Å². The molecule has 0 amide bonds. The van der Waals surface area contributed by atoms with Crippen LogP contribution in [-0.4, -0.2) is 23.0 Å². The third kappa shape index (κ3) is 4.92. The van der Waals surface area contributed by atoms with E-state index >= 15 is 0 Å². The van der Waals surface area contributed by atoms with Gasteiger partial charge in [-0.05, 0) is 98.8 Å². The highest BCUT2D eigenvalue weighted by Crippen LogP contribution is 2.45. The first-order valence-corrected chi connectivity index (χ1v) is 18.6. The predicted molar refractivity (Wildman–Crippen MR) is 211 cm³/mol. The SMILES string of the molecule is C1=CCC2C(=C1)C1=C(CCC=C1)N2C1C=CC(C2C=CC(NC3C=CC=CC3c3cc4ccccc4c4ccc5ccccc5c34)=CC2)=CC1. The summed E-state index contributed by atoms with van der Waals surface area (Å²) < 4.78 is 0. The van der Waals surface area contributed by atoms with E-state index in [-0.39, 0.29) is 12.0 Å². The molecule has 0 radical (unpaired) electrons. The van der Waals surface area contributed by atoms with Gasteiger partial charge < -0.3 is 10.2 Å². The maximum atomic E-state index is 3.96. The van der Waals surface area contributed by atoms with E-state index in [1.165, 1.54) is 60.3 Å². The fourth-order valence-electron chi connectivity index (χ4n) is 9.45. The van der Waals surface area contributed by atoms with Crippen molar-refractivity contribution in [1.82, 2.24) is 10.2 Å². The van der Waals surface area contributed by atoms with Gasteiger partial charge in [0.2, 0.25) is 0 Å². The minimum Gasteiger partial charge on any atom is -0.378 e. The number of allylic oxidation sites excluding steroid dienone is 12. The highest BCUT2D eigenvalue weighted by Gasteiger charge is 2.39. The monoisotopic (exact) mass is 646 g/mol. The molecule has 0 saturated carbocycles. The largest absolute Gasteiger partial charge is 0.378 e. The van der Waals surface area contributed by atoms with Crippen molar-refractivity contribution < 1.29 is 0 Å². The van der Waals surface area contributed by atoms with E-state index in [0.29, 0.717) is 18.0 Å². The van der Waals surface area contributed by atoms with E-state index < -0.39 is 0 Å². The number of nitrogens with one attached hydrogen (secondary N) is 1. The molecule has 4 aromatic rings. The molecule has 10 rings (SSSR count). The van der Waals surface area contributed by atoms with Crippen molar-refractivity contribution in [2.45, 2.75) is 56.1 Å². The molecule has 0 bridgehead atoms. The smallest absolute Gasteiger partial charge is 0.0587 e. The summed E-state index contributed by atoms with van der Waals surface area (Å²) in [5.74, 6) is 0.631. The van der Waals surface area contributed by atoms with Crippen LogP contribution in [0.25, 0.3) is 32.3 Å². The topological polar surface area (TPSA) is 15.3 Å². The van der Waals surface area contributed by atoms with Gasteiger partial charge in [-0.2, -0.15) is 0 Å². The molecule has 1 aliphatic heterocycles. The summed E-state index contributed by atoms with van der Waals surface area (Å²) >= 11 is 0. The van der Waals surface area contributed by atoms with Crippen LogP contribution in [0.3, 0.4) is 0 Å². The maximum Gasteiger partial charge on any atom is 0.0587 e. The van der Waals surface area contributed by atoms with Crippen LogP contribution in [0.5, 0.6) is 0 Å². The maximum absolute atomic E-state index is 3.96. The summed E-state index contributed by atoms with van der Waals surface area (Å²) in [6.45, 7) is 0. The van der Waals surface area contributed by atoms with E-state index in [4.69, 9.17) is 0 Å². The molecule has 5 unspecified atom stereocenters. The van der Waals surface area contributed by atoms with Gasteiger partial charge in [-0.1, -0.05) is 146 Å². The Kier molecular flexibility index (Phi) is 7.22. The second kappa shape index (κ2) is 12.2. The zero-order valence-corrected chi connectivity index (χ0v) is 28.4. The van der Waals surface area contributed by atoms with Crippen molar-refractivity contribution in [3.8, 4) is 0 Å². The lowest BCUT2D eigenvalue weighted by molar-refractivity contribution is 0.246. The summed E-state index contributed by atoms with van der Waals surface area (Å²) in [7, 11) is 0. The molecule has 4 aromatic carbocycles. The van der Waals surface area contributed by atoms with E-state index in [1.54, 1.807) is 5.70 Å². The van der Waals surface area contributed by atoms with E-state index in [9.17, 15) is 0 Å². The minimum absolute atomic E-state index is 0.160. The van der Waals surface area contributed by atoms with Gasteiger partial charge in [0.25, 0.3) is 0 Å². The molecule has 6 aliphatic rings. The normalized spacial score (nSPS) is 26.8. The molecule has 0 fully saturated rings. The molecule has 1 N–H and O–H groups in total. The van der Waals surface area contributed by atoms with Crippen LogP contribution in [0.15, 0.2) is 186 Å². The molecule has 2 nitrogen and oxygen atoms in total. The molecule has 0 saturated heterocycles. The summed E-state index contributed by atoms with van der Waals surface area (Å²) in [5, 5.41) is 11.9. The van der Waals surface area contributed by atoms with Crippen molar-refractivity contribution in [2.75, 3.05) is 0 Å². The van der Waals surface area contributed by atoms with E-state index in [2.05, 4.69) is 168 Å². The van der Waals surface area contributed by atoms with Crippen molar-refractivity contribution >= 4 is 32.3 Å². The van der Waals surface area contributed by atoms with Crippen LogP contribution < -0.4 is 5.32 Å². The highest BCUT2D eigenvalue weighted by molar-refractivity contribution is 6.19. The lowest BCUT2D eigenvalue weighted by Crippen LogP contribution is -2.39. The second-order valence-electron chi connectivity index (χ2n) is 14.6. The van der Waals surface area contributed by atoms with Gasteiger partial charge in [0, 0.05) is 23.2 Å². The molecular formula is C48H42N2. The third-order valence-electron chi connectivity index (χ3n) is 11.8. The van der Waals surface area contributed by atoms with Crippen LogP contribution >= 0.6 is 0 Å². The molecule has 50 heavy (non-hydrogen) atoms. The van der Waals surface area contributed by atoms with Crippen LogP contribution in [-0.2, 0) is 0 Å². The van der Waals surface area contributed by atoms with Gasteiger partial charge in [-0.15, -0.1) is 0 Å². The predicted octanol–water partition coefficient (Wildman–Crippen LogP) is 11.2. The average molecular weight is 647 g/mol. The van der Waals surface area contributed by atoms with Gasteiger partial charge in [0.1, 0.15) is 0 Å². The Morgan fingerprint density at radius 2 is 1.56 bits per heavy atom. The minimum atomic E-state index is 0.160. The van der Waals surface area contributed by atoms with Crippen molar-refractivity contribution in [2.24, 2.45) is 5.92 Å². The molecule has 0 spiro atoms. The van der Waals surface area contributed by atoms with Gasteiger partial charge in [0.15, 0.2) is 0 Å². The van der Waals surface area contributed by atoms with Gasteiger partial charge >= 0.3 is 0 Å². The first-order chi connectivity index (χ1) is 24.8. The highest BCUT2D eigenvalue weighted by atomic mass is 15.2. The number of hydrogen-bond donors (Lipinski definition) is 1. The molecule has 2 heteroatoms. The zero-order chi connectivity index (χ0) is 33.0. The Morgan fingerprint density at radius 1 is 0.680 bits per heavy atom. The van der Waals surface area contributed by atoms with Gasteiger partial charge in [-0.25, -0.2) is 0 Å². The first kappa shape index (κ1) is 29.6. The summed E-state index contributed by atoms with van der Waals surface area (Å²) in [5.41, 5.74) is 8.63. The molecule has 5 aliphatic carbocycles. The fraction of sp³-hybridized carbons (Fsp3) is 0.208. The lowest BCUT2D eigenvalue weighted by Gasteiger charge is -2.38. The van der Waals surface area contributed by atoms with E-state index in [0.717, 1.165) is 32.1 Å². The molecule has 1 heterocycles. The zero-order valence-electron chi connectivity index (χ0n) is 28.4. The van der Waals surface area contributed by atoms with Crippen molar-refractivity contribution in [3.05, 3.63) is 192 Å². The number of benzene rings is 4. The van der Waals surface area contributed by atoms with Crippen molar-refractivity contribution in [3.63, 3.8) is 0 Å². The standard InChI is InChI=1S/C48H42N2/c1-4-14-39-34(11-1)25-30-43-38-13-3-2-12-35(38)31-44(48(39)43)40-15-5-8-18-45(40)49-36-26-21-32(22-27-36)33-23-28-37(29-24-33)50-46-19-9-6-16-41(46)42-17-7-10-20-47(42)50/h1-9,11-18,21,23-28,30-32,37,40,45-46,49H,10,19-20,22,29H2. The Labute approximate surface area is 295 Å². The molecule has 0 aromatic heterocycles. The van der Waals surface area contributed by atoms with Crippen LogP contribution in [0, 0.1) is 5.92 Å². The molecular weight excluding hydrogens is 605 g/mol. The Balaban J connectivity index is 0.883. The summed E-state index contributed by atoms with van der Waals surface area (Å²) in [6.07, 6.45) is 40.9.